The lowest BCUT2D eigenvalue weighted by Gasteiger charge is -2.39. The Balaban J connectivity index is 1.89. The predicted octanol–water partition coefficient (Wildman–Crippen LogP) is 6.29. The van der Waals surface area contributed by atoms with E-state index in [4.69, 9.17) is 14.2 Å². The van der Waals surface area contributed by atoms with Gasteiger partial charge < -0.3 is 19.1 Å². The van der Waals surface area contributed by atoms with E-state index >= 15 is 4.79 Å². The van der Waals surface area contributed by atoms with Gasteiger partial charge in [0, 0.05) is 37.2 Å². The van der Waals surface area contributed by atoms with Crippen molar-refractivity contribution >= 4 is 35.3 Å². The van der Waals surface area contributed by atoms with Crippen LogP contribution in [0.15, 0.2) is 91.0 Å². The van der Waals surface area contributed by atoms with Crippen LogP contribution in [0.3, 0.4) is 0 Å². The Morgan fingerprint density at radius 2 is 1.62 bits per heavy atom. The van der Waals surface area contributed by atoms with E-state index in [-0.39, 0.29) is 18.7 Å². The second-order valence-electron chi connectivity index (χ2n) is 14.3. The molecule has 0 N–H and O–H groups in total. The largest absolute Gasteiger partial charge is 0.466 e. The number of hydrogen-bond acceptors (Lipinski definition) is 10. The van der Waals surface area contributed by atoms with E-state index in [0.29, 0.717) is 16.7 Å². The second kappa shape index (κ2) is 15.0. The van der Waals surface area contributed by atoms with Gasteiger partial charge in [-0.2, -0.15) is 0 Å². The summed E-state index contributed by atoms with van der Waals surface area (Å²) in [5, 5.41) is 13.8. The molecule has 2 aliphatic rings. The zero-order valence-corrected chi connectivity index (χ0v) is 30.5. The number of allylic oxidation sites excluding steroid dienone is 1. The Hall–Kier alpha value is -5.52. The molecule has 6 atom stereocenters. The molecule has 12 nitrogen and oxygen atoms in total. The topological polar surface area (TPSA) is 146 Å². The molecule has 12 heteroatoms. The van der Waals surface area contributed by atoms with Crippen molar-refractivity contribution < 1.29 is 38.3 Å². The molecule has 1 aliphatic carbocycles. The fourth-order valence-corrected chi connectivity index (χ4v) is 8.05. The minimum Gasteiger partial charge on any atom is -0.466 e. The van der Waals surface area contributed by atoms with Crippen molar-refractivity contribution in [2.45, 2.75) is 57.1 Å². The van der Waals surface area contributed by atoms with Crippen LogP contribution in [0, 0.1) is 27.9 Å². The lowest BCUT2D eigenvalue weighted by atomic mass is 9.60. The first kappa shape index (κ1) is 37.7. The minimum absolute atomic E-state index is 0.0605. The molecule has 0 radical (unpaired) electrons. The predicted molar refractivity (Wildman–Crippen MR) is 195 cm³/mol. The first-order valence-electron chi connectivity index (χ1n) is 17.2. The van der Waals surface area contributed by atoms with Crippen LogP contribution >= 0.6 is 0 Å². The van der Waals surface area contributed by atoms with Crippen molar-refractivity contribution in [3.63, 3.8) is 0 Å². The number of rotatable bonds is 10. The van der Waals surface area contributed by atoms with E-state index in [9.17, 15) is 24.5 Å². The number of methoxy groups -OCH3 is 1. The molecule has 0 spiro atoms. The molecule has 274 valence electrons. The Morgan fingerprint density at radius 3 is 2.19 bits per heavy atom. The number of fused-ring (bicyclic) bond motifs is 1. The zero-order chi connectivity index (χ0) is 38.0. The number of carbonyl (C=O) groups is 4. The van der Waals surface area contributed by atoms with E-state index < -0.39 is 69.6 Å². The first-order valence-corrected chi connectivity index (χ1v) is 17.2. The maximum Gasteiger partial charge on any atom is 0.421 e. The van der Waals surface area contributed by atoms with Crippen molar-refractivity contribution in [2.24, 2.45) is 17.8 Å². The van der Waals surface area contributed by atoms with E-state index in [0.717, 1.165) is 10.6 Å². The van der Waals surface area contributed by atoms with Crippen molar-refractivity contribution in [2.75, 3.05) is 37.6 Å². The van der Waals surface area contributed by atoms with Crippen molar-refractivity contribution in [3.05, 3.63) is 118 Å². The summed E-state index contributed by atoms with van der Waals surface area (Å²) in [6.45, 7) is 6.77. The monoisotopic (exact) mass is 711 g/mol. The number of benzene rings is 3. The van der Waals surface area contributed by atoms with Gasteiger partial charge in [-0.15, -0.1) is 0 Å². The van der Waals surface area contributed by atoms with Crippen LogP contribution < -0.4 is 9.80 Å². The van der Waals surface area contributed by atoms with E-state index in [1.165, 1.54) is 13.2 Å². The number of carbonyl (C=O) groups excluding carboxylic acids is 4. The molecule has 1 aliphatic heterocycles. The normalized spacial score (nSPS) is 24.0. The summed E-state index contributed by atoms with van der Waals surface area (Å²) in [5.41, 5.74) is -0.405. The van der Waals surface area contributed by atoms with E-state index in [1.807, 2.05) is 31.1 Å². The number of para-hydroxylation sites is 1. The van der Waals surface area contributed by atoms with E-state index in [1.54, 1.807) is 101 Å². The summed E-state index contributed by atoms with van der Waals surface area (Å²) in [6.07, 6.45) is 1.50. The van der Waals surface area contributed by atoms with Gasteiger partial charge in [0.15, 0.2) is 0 Å². The third-order valence-electron chi connectivity index (χ3n) is 9.92. The molecule has 52 heavy (non-hydrogen) atoms. The lowest BCUT2D eigenvalue weighted by molar-refractivity contribution is -0.534. The Bertz CT molecular complexity index is 1850. The fraction of sp³-hybridized carbons (Fsp3) is 0.400. The van der Waals surface area contributed by atoms with Crippen LogP contribution in [-0.4, -0.2) is 68.3 Å². The van der Waals surface area contributed by atoms with Crippen LogP contribution in [-0.2, 0) is 34.0 Å². The molecule has 0 aromatic heterocycles. The fourth-order valence-electron chi connectivity index (χ4n) is 8.05. The summed E-state index contributed by atoms with van der Waals surface area (Å²) in [7, 11) is 4.98. The summed E-state index contributed by atoms with van der Waals surface area (Å²) < 4.78 is 16.1. The molecule has 1 heterocycles. The molecule has 0 unspecified atom stereocenters. The highest BCUT2D eigenvalue weighted by Crippen LogP contribution is 2.62. The molecule has 2 amide bonds. The highest BCUT2D eigenvalue weighted by atomic mass is 16.6. The molecule has 3 aromatic carbocycles. The smallest absolute Gasteiger partial charge is 0.421 e. The molecule has 0 bridgehead atoms. The van der Waals surface area contributed by atoms with Crippen molar-refractivity contribution in [1.29, 1.82) is 0 Å². The quantitative estimate of drug-likeness (QED) is 0.0773. The number of nitrogens with zero attached hydrogens (tertiary/aromatic N) is 3. The first-order chi connectivity index (χ1) is 24.7. The molecule has 1 saturated carbocycles. The van der Waals surface area contributed by atoms with Gasteiger partial charge in [0.2, 0.25) is 6.04 Å². The van der Waals surface area contributed by atoms with Gasteiger partial charge in [-0.25, -0.2) is 14.5 Å². The van der Waals surface area contributed by atoms with Gasteiger partial charge in [-0.1, -0.05) is 66.7 Å². The molecule has 5 rings (SSSR count). The third kappa shape index (κ3) is 6.89. The van der Waals surface area contributed by atoms with Crippen LogP contribution in [0.5, 0.6) is 0 Å². The van der Waals surface area contributed by atoms with Gasteiger partial charge in [-0.3, -0.25) is 19.7 Å². The van der Waals surface area contributed by atoms with Gasteiger partial charge >= 0.3 is 18.0 Å². The Kier molecular flexibility index (Phi) is 10.9. The van der Waals surface area contributed by atoms with Crippen molar-refractivity contribution in [1.82, 2.24) is 0 Å². The third-order valence-corrected chi connectivity index (χ3v) is 9.92. The molecular formula is C40H45N3O9. The van der Waals surface area contributed by atoms with Gasteiger partial charge in [0.05, 0.1) is 31.2 Å². The number of nitro groups is 1. The number of hydrogen-bond donors (Lipinski definition) is 0. The lowest BCUT2D eigenvalue weighted by Crippen LogP contribution is -2.54. The summed E-state index contributed by atoms with van der Waals surface area (Å²) >= 11 is 0. The number of esters is 2. The number of ether oxygens (including phenoxy) is 3. The van der Waals surface area contributed by atoms with Crippen LogP contribution in [0.2, 0.25) is 0 Å². The average Bonchev–Trinajstić information content (AvgIpc) is 3.55. The standard InChI is InChI=1S/C40H45N3O9/c1-8-51-33(45)24-29-28(22-23-32(44)50-7)34(25-18-20-27(21-19-25)41(5)6)36(43(48)49)35(29)40(26-14-10-9-11-15-26)30-16-12-13-17-31(30)42(37(40)46)38(47)52-39(2,3)4/h9-23,28-29,34-36H,8,24H2,1-7H3/b23-22+/t28-,29-,34+,35+,36+,40-/m0/s1. The van der Waals surface area contributed by atoms with Gasteiger partial charge in [0.1, 0.15) is 11.0 Å². The highest BCUT2D eigenvalue weighted by Gasteiger charge is 2.70. The minimum atomic E-state index is -1.86. The zero-order valence-electron chi connectivity index (χ0n) is 30.5. The number of amides is 2. The molecule has 0 saturated heterocycles. The summed E-state index contributed by atoms with van der Waals surface area (Å²) in [4.78, 5) is 71.9. The van der Waals surface area contributed by atoms with E-state index in [2.05, 4.69) is 0 Å². The maximum atomic E-state index is 15.5. The SMILES string of the molecule is CCOC(=O)C[C@H]1[C@H](/C=C/C(=O)OC)[C@@H](c2ccc(N(C)C)cc2)[C@@H]([N+](=O)[O-])[C@@H]1[C@@]1(c2ccccc2)C(=O)N(C(=O)OC(C)(C)C)c2ccccc21. The van der Waals surface area contributed by atoms with Gasteiger partial charge in [0.25, 0.3) is 5.91 Å². The average molecular weight is 712 g/mol. The Morgan fingerprint density at radius 1 is 0.981 bits per heavy atom. The maximum absolute atomic E-state index is 15.5. The van der Waals surface area contributed by atoms with Gasteiger partial charge in [-0.05, 0) is 74.4 Å². The second-order valence-corrected chi connectivity index (χ2v) is 14.3. The molecule has 1 fully saturated rings. The Labute approximate surface area is 303 Å². The summed E-state index contributed by atoms with van der Waals surface area (Å²) in [6, 6.07) is 21.1. The van der Waals surface area contributed by atoms with Crippen molar-refractivity contribution in [3.8, 4) is 0 Å². The van der Waals surface area contributed by atoms with Crippen LogP contribution in [0.4, 0.5) is 16.2 Å². The summed E-state index contributed by atoms with van der Waals surface area (Å²) in [5.74, 6) is -6.03. The van der Waals surface area contributed by atoms with Crippen LogP contribution in [0.1, 0.15) is 56.7 Å². The molecule has 3 aromatic rings. The number of anilines is 2. The van der Waals surface area contributed by atoms with Crippen LogP contribution in [0.25, 0.3) is 0 Å². The molecular weight excluding hydrogens is 666 g/mol. The highest BCUT2D eigenvalue weighted by molar-refractivity contribution is 6.22. The number of imide groups is 1.